The van der Waals surface area contributed by atoms with Crippen molar-refractivity contribution in [2.24, 2.45) is 11.7 Å². The van der Waals surface area contributed by atoms with Gasteiger partial charge in [-0.15, -0.1) is 0 Å². The van der Waals surface area contributed by atoms with Crippen LogP contribution in [0.2, 0.25) is 0 Å². The third kappa shape index (κ3) is 3.78. The molecule has 0 bridgehead atoms. The molecule has 1 aromatic rings. The first-order valence-electron chi connectivity index (χ1n) is 6.96. The minimum atomic E-state index is -0.270. The molecule has 2 rings (SSSR count). The van der Waals surface area contributed by atoms with Crippen molar-refractivity contribution in [3.63, 3.8) is 0 Å². The van der Waals surface area contributed by atoms with Crippen LogP contribution >= 0.6 is 0 Å². The second-order valence-electron chi connectivity index (χ2n) is 5.22. The number of carbonyl (C=O) groups excluding carboxylic acids is 1. The predicted molar refractivity (Wildman–Crippen MR) is 74.6 cm³/mol. The first-order valence-corrected chi connectivity index (χ1v) is 6.96. The summed E-state index contributed by atoms with van der Waals surface area (Å²) in [6.07, 6.45) is 3.81. The molecule has 4 N–H and O–H groups in total. The van der Waals surface area contributed by atoms with E-state index in [1.165, 1.54) is 0 Å². The van der Waals surface area contributed by atoms with Crippen LogP contribution in [0.3, 0.4) is 0 Å². The van der Waals surface area contributed by atoms with Crippen LogP contribution in [0.5, 0.6) is 0 Å². The van der Waals surface area contributed by atoms with Crippen LogP contribution in [0.4, 0.5) is 0 Å². The van der Waals surface area contributed by atoms with E-state index in [0.717, 1.165) is 31.2 Å². The third-order valence-electron chi connectivity index (χ3n) is 3.85. The highest BCUT2D eigenvalue weighted by molar-refractivity contribution is 5.94. The number of hydrogen-bond acceptors (Lipinski definition) is 3. The quantitative estimate of drug-likeness (QED) is 0.768. The smallest absolute Gasteiger partial charge is 0.251 e. The van der Waals surface area contributed by atoms with Crippen LogP contribution in [0, 0.1) is 5.92 Å². The van der Waals surface area contributed by atoms with Gasteiger partial charge in [-0.05, 0) is 30.5 Å². The maximum absolute atomic E-state index is 12.0. The Balaban J connectivity index is 1.86. The average molecular weight is 262 g/mol. The number of benzene rings is 1. The zero-order valence-electron chi connectivity index (χ0n) is 11.1. The van der Waals surface area contributed by atoms with Gasteiger partial charge in [0.25, 0.3) is 5.91 Å². The van der Waals surface area contributed by atoms with Gasteiger partial charge in [-0.3, -0.25) is 4.79 Å². The number of aliphatic hydroxyl groups is 1. The SMILES string of the molecule is NCc1ccc(C(=O)NCC2CCCCC2O)cc1. The van der Waals surface area contributed by atoms with Gasteiger partial charge in [0.15, 0.2) is 0 Å². The van der Waals surface area contributed by atoms with Crippen molar-refractivity contribution in [2.75, 3.05) is 6.54 Å². The molecule has 4 nitrogen and oxygen atoms in total. The third-order valence-corrected chi connectivity index (χ3v) is 3.85. The van der Waals surface area contributed by atoms with Gasteiger partial charge >= 0.3 is 0 Å². The molecule has 2 atom stereocenters. The van der Waals surface area contributed by atoms with Gasteiger partial charge in [0, 0.05) is 24.6 Å². The lowest BCUT2D eigenvalue weighted by Crippen LogP contribution is -2.36. The van der Waals surface area contributed by atoms with Crippen molar-refractivity contribution in [3.05, 3.63) is 35.4 Å². The Hall–Kier alpha value is -1.39. The number of nitrogens with one attached hydrogen (secondary N) is 1. The van der Waals surface area contributed by atoms with Crippen LogP contribution in [0.25, 0.3) is 0 Å². The largest absolute Gasteiger partial charge is 0.393 e. The van der Waals surface area contributed by atoms with Gasteiger partial charge in [0.05, 0.1) is 6.10 Å². The summed E-state index contributed by atoms with van der Waals surface area (Å²) in [7, 11) is 0. The van der Waals surface area contributed by atoms with E-state index in [1.54, 1.807) is 12.1 Å². The topological polar surface area (TPSA) is 75.4 Å². The van der Waals surface area contributed by atoms with Gasteiger partial charge < -0.3 is 16.2 Å². The van der Waals surface area contributed by atoms with Crippen molar-refractivity contribution in [3.8, 4) is 0 Å². The lowest BCUT2D eigenvalue weighted by Gasteiger charge is -2.27. The first-order chi connectivity index (χ1) is 9.20. The molecule has 0 radical (unpaired) electrons. The average Bonchev–Trinajstić information content (AvgIpc) is 2.46. The molecule has 1 aromatic carbocycles. The van der Waals surface area contributed by atoms with Crippen molar-refractivity contribution in [2.45, 2.75) is 38.3 Å². The molecule has 0 aromatic heterocycles. The van der Waals surface area contributed by atoms with Gasteiger partial charge in [-0.25, -0.2) is 0 Å². The molecule has 1 saturated carbocycles. The number of amides is 1. The summed E-state index contributed by atoms with van der Waals surface area (Å²) in [4.78, 5) is 12.0. The monoisotopic (exact) mass is 262 g/mol. The molecule has 0 heterocycles. The lowest BCUT2D eigenvalue weighted by molar-refractivity contribution is 0.0663. The van der Waals surface area contributed by atoms with Crippen molar-refractivity contribution < 1.29 is 9.90 Å². The van der Waals surface area contributed by atoms with Gasteiger partial charge in [-0.1, -0.05) is 25.0 Å². The Morgan fingerprint density at radius 3 is 2.58 bits per heavy atom. The Labute approximate surface area is 114 Å². The Morgan fingerprint density at radius 1 is 1.26 bits per heavy atom. The number of rotatable bonds is 4. The van der Waals surface area contributed by atoms with Crippen molar-refractivity contribution in [1.82, 2.24) is 5.32 Å². The van der Waals surface area contributed by atoms with Gasteiger partial charge in [0.2, 0.25) is 0 Å². The minimum Gasteiger partial charge on any atom is -0.393 e. The molecule has 2 unspecified atom stereocenters. The summed E-state index contributed by atoms with van der Waals surface area (Å²) in [6, 6.07) is 7.30. The molecule has 1 amide bonds. The number of hydrogen-bond donors (Lipinski definition) is 3. The molecule has 1 fully saturated rings. The number of nitrogens with two attached hydrogens (primary N) is 1. The second kappa shape index (κ2) is 6.68. The normalized spacial score (nSPS) is 23.1. The molecule has 1 aliphatic rings. The number of aliphatic hydroxyl groups excluding tert-OH is 1. The highest BCUT2D eigenvalue weighted by atomic mass is 16.3. The maximum atomic E-state index is 12.0. The van der Waals surface area contributed by atoms with Crippen LogP contribution in [-0.4, -0.2) is 23.7 Å². The fourth-order valence-corrected chi connectivity index (χ4v) is 2.54. The van der Waals surface area contributed by atoms with Crippen LogP contribution in [0.1, 0.15) is 41.6 Å². The summed E-state index contributed by atoms with van der Waals surface area (Å²) in [5, 5.41) is 12.8. The molecule has 19 heavy (non-hydrogen) atoms. The van der Waals surface area contributed by atoms with E-state index >= 15 is 0 Å². The molecule has 1 aliphatic carbocycles. The summed E-state index contributed by atoms with van der Waals surface area (Å²) in [6.45, 7) is 1.04. The van der Waals surface area contributed by atoms with Crippen LogP contribution in [-0.2, 0) is 6.54 Å². The standard InChI is InChI=1S/C15H22N2O2/c16-9-11-5-7-12(8-6-11)15(19)17-10-13-3-1-2-4-14(13)18/h5-8,13-14,18H,1-4,9-10,16H2,(H,17,19). The molecule has 0 aliphatic heterocycles. The summed E-state index contributed by atoms with van der Waals surface area (Å²) in [5.74, 6) is 0.113. The van der Waals surface area contributed by atoms with E-state index < -0.39 is 0 Å². The van der Waals surface area contributed by atoms with E-state index in [1.807, 2.05) is 12.1 Å². The first kappa shape index (κ1) is 14.0. The maximum Gasteiger partial charge on any atom is 0.251 e. The van der Waals surface area contributed by atoms with Crippen LogP contribution in [0.15, 0.2) is 24.3 Å². The molecular formula is C15H22N2O2. The Morgan fingerprint density at radius 2 is 1.95 bits per heavy atom. The van der Waals surface area contributed by atoms with E-state index in [0.29, 0.717) is 18.7 Å². The van der Waals surface area contributed by atoms with Gasteiger partial charge in [0.1, 0.15) is 0 Å². The van der Waals surface area contributed by atoms with Crippen molar-refractivity contribution >= 4 is 5.91 Å². The highest BCUT2D eigenvalue weighted by Crippen LogP contribution is 2.23. The Bertz CT molecular complexity index is 417. The summed E-state index contributed by atoms with van der Waals surface area (Å²) >= 11 is 0. The molecule has 4 heteroatoms. The summed E-state index contributed by atoms with van der Waals surface area (Å²) in [5.41, 5.74) is 7.17. The fraction of sp³-hybridized carbons (Fsp3) is 0.533. The van der Waals surface area contributed by atoms with E-state index in [-0.39, 0.29) is 17.9 Å². The zero-order valence-corrected chi connectivity index (χ0v) is 11.1. The van der Waals surface area contributed by atoms with E-state index in [4.69, 9.17) is 5.73 Å². The van der Waals surface area contributed by atoms with E-state index in [9.17, 15) is 9.90 Å². The summed E-state index contributed by atoms with van der Waals surface area (Å²) < 4.78 is 0. The molecule has 104 valence electrons. The molecule has 0 saturated heterocycles. The zero-order chi connectivity index (χ0) is 13.7. The molecule has 0 spiro atoms. The minimum absolute atomic E-state index is 0.0821. The fourth-order valence-electron chi connectivity index (χ4n) is 2.54. The molecular weight excluding hydrogens is 240 g/mol. The van der Waals surface area contributed by atoms with E-state index in [2.05, 4.69) is 5.32 Å². The lowest BCUT2D eigenvalue weighted by atomic mass is 9.86. The predicted octanol–water partition coefficient (Wildman–Crippen LogP) is 1.43. The second-order valence-corrected chi connectivity index (χ2v) is 5.22. The van der Waals surface area contributed by atoms with Crippen LogP contribution < -0.4 is 11.1 Å². The Kier molecular flexibility index (Phi) is 4.93. The van der Waals surface area contributed by atoms with Gasteiger partial charge in [-0.2, -0.15) is 0 Å². The number of carbonyl (C=O) groups is 1. The van der Waals surface area contributed by atoms with Crippen molar-refractivity contribution in [1.29, 1.82) is 0 Å². The highest BCUT2D eigenvalue weighted by Gasteiger charge is 2.23.